The summed E-state index contributed by atoms with van der Waals surface area (Å²) in [4.78, 5) is -0.368. The predicted molar refractivity (Wildman–Crippen MR) is 119 cm³/mol. The van der Waals surface area contributed by atoms with Crippen LogP contribution in [0.4, 0.5) is 18.9 Å². The molecule has 2 aliphatic rings. The molecule has 0 amide bonds. The van der Waals surface area contributed by atoms with E-state index in [9.17, 15) is 21.6 Å². The third-order valence-electron chi connectivity index (χ3n) is 6.23. The number of hydrogen-bond acceptors (Lipinski definition) is 3. The Morgan fingerprint density at radius 1 is 0.909 bits per heavy atom. The summed E-state index contributed by atoms with van der Waals surface area (Å²) in [6.45, 7) is 0.210. The first-order valence-electron chi connectivity index (χ1n) is 10.8. The van der Waals surface area contributed by atoms with Crippen molar-refractivity contribution in [2.24, 2.45) is 0 Å². The van der Waals surface area contributed by atoms with Crippen LogP contribution >= 0.6 is 0 Å². The Kier molecular flexibility index (Phi) is 5.35. The second kappa shape index (κ2) is 8.09. The van der Waals surface area contributed by atoms with Crippen molar-refractivity contribution in [3.05, 3.63) is 89.0 Å². The second-order valence-electron chi connectivity index (χ2n) is 8.34. The second-order valence-corrected chi connectivity index (χ2v) is 10.2. The van der Waals surface area contributed by atoms with Gasteiger partial charge >= 0.3 is 6.18 Å². The number of hydrogen-bond donors (Lipinski definition) is 0. The molecule has 0 N–H and O–H groups in total. The van der Waals surface area contributed by atoms with Gasteiger partial charge < -0.3 is 4.74 Å². The van der Waals surface area contributed by atoms with E-state index >= 15 is 0 Å². The Morgan fingerprint density at radius 3 is 2.55 bits per heavy atom. The molecule has 0 fully saturated rings. The van der Waals surface area contributed by atoms with Gasteiger partial charge in [-0.2, -0.15) is 13.2 Å². The lowest BCUT2D eigenvalue weighted by atomic mass is 10.0. The van der Waals surface area contributed by atoms with E-state index in [0.29, 0.717) is 30.3 Å². The largest absolute Gasteiger partial charge is 0.486 e. The number of nitrogens with zero attached hydrogens (tertiary/aromatic N) is 1. The molecule has 0 bridgehead atoms. The standard InChI is InChI=1S/C25H22F3NO3S/c26-25(27,28)19-7-3-8-21(16-19)33(30,31)29-14-4-6-18-15-20(11-12-23(18)29)32-24-13-10-17-5-1-2-9-22(17)24/h1-3,5,7-9,11-12,15-16,24H,4,6,10,13-14H2/t24-/m1/s1. The molecule has 0 radical (unpaired) electrons. The van der Waals surface area contributed by atoms with Crippen LogP contribution in [0.15, 0.2) is 71.6 Å². The zero-order chi connectivity index (χ0) is 23.2. The van der Waals surface area contributed by atoms with E-state index in [4.69, 9.17) is 4.74 Å². The fourth-order valence-corrected chi connectivity index (χ4v) is 6.21. The summed E-state index contributed by atoms with van der Waals surface area (Å²) in [7, 11) is -4.14. The van der Waals surface area contributed by atoms with Gasteiger partial charge in [-0.15, -0.1) is 0 Å². The van der Waals surface area contributed by atoms with Crippen LogP contribution in [0, 0.1) is 0 Å². The smallest absolute Gasteiger partial charge is 0.416 e. The molecule has 33 heavy (non-hydrogen) atoms. The van der Waals surface area contributed by atoms with Crippen molar-refractivity contribution in [2.45, 2.75) is 42.9 Å². The van der Waals surface area contributed by atoms with Gasteiger partial charge in [-0.1, -0.05) is 30.3 Å². The summed E-state index contributed by atoms with van der Waals surface area (Å²) in [5.41, 5.74) is 2.75. The monoisotopic (exact) mass is 473 g/mol. The zero-order valence-electron chi connectivity index (χ0n) is 17.7. The van der Waals surface area contributed by atoms with Crippen LogP contribution in [-0.2, 0) is 29.0 Å². The minimum absolute atomic E-state index is 0.0483. The molecule has 0 spiro atoms. The summed E-state index contributed by atoms with van der Waals surface area (Å²) in [5, 5.41) is 0. The lowest BCUT2D eigenvalue weighted by Crippen LogP contribution is -2.35. The molecule has 172 valence electrons. The van der Waals surface area contributed by atoms with Crippen molar-refractivity contribution in [1.29, 1.82) is 0 Å². The summed E-state index contributed by atoms with van der Waals surface area (Å²) in [5.74, 6) is 0.661. The topological polar surface area (TPSA) is 46.6 Å². The van der Waals surface area contributed by atoms with Crippen LogP contribution in [-0.4, -0.2) is 15.0 Å². The third-order valence-corrected chi connectivity index (χ3v) is 8.04. The summed E-state index contributed by atoms with van der Waals surface area (Å²) < 4.78 is 73.3. The molecular weight excluding hydrogens is 451 g/mol. The Balaban J connectivity index is 1.43. The molecule has 3 aromatic rings. The minimum atomic E-state index is -4.61. The highest BCUT2D eigenvalue weighted by Gasteiger charge is 2.34. The first-order valence-corrected chi connectivity index (χ1v) is 12.2. The molecule has 8 heteroatoms. The molecule has 0 unspecified atom stereocenters. The highest BCUT2D eigenvalue weighted by Crippen LogP contribution is 2.39. The Labute approximate surface area is 190 Å². The van der Waals surface area contributed by atoms with E-state index in [1.807, 2.05) is 18.2 Å². The van der Waals surface area contributed by atoms with Crippen molar-refractivity contribution in [3.63, 3.8) is 0 Å². The number of benzene rings is 3. The van der Waals surface area contributed by atoms with Gasteiger partial charge in [0.05, 0.1) is 16.1 Å². The van der Waals surface area contributed by atoms with Crippen molar-refractivity contribution >= 4 is 15.7 Å². The lowest BCUT2D eigenvalue weighted by molar-refractivity contribution is -0.137. The van der Waals surface area contributed by atoms with Gasteiger partial charge in [0.1, 0.15) is 11.9 Å². The molecule has 4 nitrogen and oxygen atoms in total. The normalized spacial score (nSPS) is 18.0. The number of sulfonamides is 1. The van der Waals surface area contributed by atoms with E-state index < -0.39 is 21.8 Å². The van der Waals surface area contributed by atoms with Crippen LogP contribution in [0.2, 0.25) is 0 Å². The fraction of sp³-hybridized carbons (Fsp3) is 0.280. The predicted octanol–water partition coefficient (Wildman–Crippen LogP) is 5.91. The van der Waals surface area contributed by atoms with E-state index in [1.54, 1.807) is 12.1 Å². The van der Waals surface area contributed by atoms with Crippen LogP contribution in [0.25, 0.3) is 0 Å². The van der Waals surface area contributed by atoms with Crippen LogP contribution in [0.3, 0.4) is 0 Å². The van der Waals surface area contributed by atoms with Crippen molar-refractivity contribution in [3.8, 4) is 5.75 Å². The highest BCUT2D eigenvalue weighted by atomic mass is 32.2. The molecular formula is C25H22F3NO3S. The summed E-state index contributed by atoms with van der Waals surface area (Å²) >= 11 is 0. The average molecular weight is 474 g/mol. The number of halogens is 3. The molecule has 0 saturated heterocycles. The zero-order valence-corrected chi connectivity index (χ0v) is 18.5. The number of alkyl halides is 3. The number of rotatable bonds is 4. The van der Waals surface area contributed by atoms with Crippen LogP contribution in [0.5, 0.6) is 5.75 Å². The van der Waals surface area contributed by atoms with Crippen LogP contribution < -0.4 is 9.04 Å². The Bertz CT molecular complexity index is 1300. The van der Waals surface area contributed by atoms with Crippen molar-refractivity contribution < 1.29 is 26.3 Å². The summed E-state index contributed by atoms with van der Waals surface area (Å²) in [6, 6.07) is 17.3. The SMILES string of the molecule is O=S(=O)(c1cccc(C(F)(F)F)c1)N1CCCc2cc(O[C@@H]3CCc4ccccc43)ccc21. The maximum atomic E-state index is 13.3. The molecule has 3 aromatic carbocycles. The average Bonchev–Trinajstić information content (AvgIpc) is 3.21. The molecule has 1 heterocycles. The molecule has 0 saturated carbocycles. The quantitative estimate of drug-likeness (QED) is 0.473. The van der Waals surface area contributed by atoms with Crippen LogP contribution in [0.1, 0.15) is 41.2 Å². The first kappa shape index (κ1) is 21.8. The van der Waals surface area contributed by atoms with Gasteiger partial charge in [-0.3, -0.25) is 4.31 Å². The molecule has 5 rings (SSSR count). The van der Waals surface area contributed by atoms with Gasteiger partial charge in [-0.05, 0) is 78.8 Å². The van der Waals surface area contributed by atoms with Gasteiger partial charge in [0.15, 0.2) is 0 Å². The highest BCUT2D eigenvalue weighted by molar-refractivity contribution is 7.92. The Hall–Kier alpha value is -3.00. The third kappa shape index (κ3) is 4.08. The molecule has 1 atom stereocenters. The molecule has 1 aliphatic carbocycles. The van der Waals surface area contributed by atoms with Gasteiger partial charge in [0.2, 0.25) is 0 Å². The minimum Gasteiger partial charge on any atom is -0.486 e. The Morgan fingerprint density at radius 2 is 1.73 bits per heavy atom. The maximum Gasteiger partial charge on any atom is 0.416 e. The van der Waals surface area contributed by atoms with E-state index in [0.717, 1.165) is 30.5 Å². The summed E-state index contributed by atoms with van der Waals surface area (Å²) in [6.07, 6.45) is -1.59. The van der Waals surface area contributed by atoms with Gasteiger partial charge in [-0.25, -0.2) is 8.42 Å². The van der Waals surface area contributed by atoms with Crippen molar-refractivity contribution in [1.82, 2.24) is 0 Å². The maximum absolute atomic E-state index is 13.3. The van der Waals surface area contributed by atoms with E-state index in [1.165, 1.54) is 21.5 Å². The molecule has 1 aliphatic heterocycles. The fourth-order valence-electron chi connectivity index (χ4n) is 4.63. The number of aryl methyl sites for hydroxylation is 2. The van der Waals surface area contributed by atoms with E-state index in [2.05, 4.69) is 12.1 Å². The van der Waals surface area contributed by atoms with Gasteiger partial charge in [0.25, 0.3) is 10.0 Å². The number of fused-ring (bicyclic) bond motifs is 2. The molecule has 0 aromatic heterocycles. The first-order chi connectivity index (χ1) is 15.7. The number of ether oxygens (including phenoxy) is 1. The van der Waals surface area contributed by atoms with Crippen molar-refractivity contribution in [2.75, 3.05) is 10.8 Å². The number of anilines is 1. The van der Waals surface area contributed by atoms with Gasteiger partial charge in [0, 0.05) is 6.54 Å². The van der Waals surface area contributed by atoms with E-state index in [-0.39, 0.29) is 17.5 Å². The lowest BCUT2D eigenvalue weighted by Gasteiger charge is -2.31.